The van der Waals surface area contributed by atoms with Crippen molar-refractivity contribution in [2.45, 2.75) is 25.4 Å². The largest absolute Gasteiger partial charge is 0.370 e. The molecule has 4 rings (SSSR count). The lowest BCUT2D eigenvalue weighted by Gasteiger charge is -2.36. The predicted octanol–water partition coefficient (Wildman–Crippen LogP) is 1.19. The average molecular weight is 323 g/mol. The number of anilines is 2. The highest BCUT2D eigenvalue weighted by Crippen LogP contribution is 2.36. The Labute approximate surface area is 140 Å². The lowest BCUT2D eigenvalue weighted by atomic mass is 10.1. The third-order valence-corrected chi connectivity index (χ3v) is 5.03. The van der Waals surface area contributed by atoms with Gasteiger partial charge in [-0.05, 0) is 37.1 Å². The molecule has 2 saturated heterocycles. The van der Waals surface area contributed by atoms with Crippen LogP contribution in [0.15, 0.2) is 30.5 Å². The molecule has 0 spiro atoms. The zero-order chi connectivity index (χ0) is 16.8. The predicted molar refractivity (Wildman–Crippen MR) is 94.8 cm³/mol. The van der Waals surface area contributed by atoms with Crippen molar-refractivity contribution < 1.29 is 0 Å². The van der Waals surface area contributed by atoms with E-state index in [1.807, 2.05) is 11.0 Å². The number of guanidine groups is 1. The van der Waals surface area contributed by atoms with Gasteiger partial charge in [-0.1, -0.05) is 6.07 Å². The van der Waals surface area contributed by atoms with Gasteiger partial charge in [-0.25, -0.2) is 9.97 Å². The first kappa shape index (κ1) is 14.7. The molecule has 2 aromatic rings. The van der Waals surface area contributed by atoms with E-state index in [0.29, 0.717) is 12.1 Å². The van der Waals surface area contributed by atoms with Gasteiger partial charge in [0.2, 0.25) is 5.95 Å². The SMILES string of the molecule is Cc1cc(-c2ccnc(N)n2)ccc1N1C[C@@H]2C[C@H]1CN2C(=N)N. The minimum absolute atomic E-state index is 0.190. The molecule has 1 aromatic heterocycles. The topological polar surface area (TPSA) is 108 Å². The van der Waals surface area contributed by atoms with Gasteiger partial charge in [0, 0.05) is 36.6 Å². The number of nitrogens with two attached hydrogens (primary N) is 2. The molecule has 2 fully saturated rings. The molecular formula is C17H21N7. The van der Waals surface area contributed by atoms with Crippen LogP contribution in [0.3, 0.4) is 0 Å². The van der Waals surface area contributed by atoms with Crippen LogP contribution in [0.1, 0.15) is 12.0 Å². The number of rotatable bonds is 2. The fourth-order valence-corrected chi connectivity index (χ4v) is 3.93. The van der Waals surface area contributed by atoms with Crippen molar-refractivity contribution >= 4 is 17.6 Å². The highest BCUT2D eigenvalue weighted by atomic mass is 15.4. The quantitative estimate of drug-likeness (QED) is 0.566. The number of fused-ring (bicyclic) bond motifs is 2. The average Bonchev–Trinajstić information content (AvgIpc) is 3.15. The molecule has 0 unspecified atom stereocenters. The number of nitrogens with one attached hydrogen (secondary N) is 1. The van der Waals surface area contributed by atoms with E-state index < -0.39 is 0 Å². The van der Waals surface area contributed by atoms with Crippen LogP contribution >= 0.6 is 0 Å². The minimum Gasteiger partial charge on any atom is -0.370 e. The van der Waals surface area contributed by atoms with Crippen molar-refractivity contribution in [3.63, 3.8) is 0 Å². The van der Waals surface area contributed by atoms with Crippen molar-refractivity contribution in [3.8, 4) is 11.3 Å². The molecule has 7 nitrogen and oxygen atoms in total. The number of hydrogen-bond acceptors (Lipinski definition) is 5. The molecule has 2 aliphatic rings. The van der Waals surface area contributed by atoms with E-state index in [4.69, 9.17) is 16.9 Å². The lowest BCUT2D eigenvalue weighted by Crippen LogP contribution is -2.51. The molecule has 2 aliphatic heterocycles. The highest BCUT2D eigenvalue weighted by molar-refractivity contribution is 5.76. The summed E-state index contributed by atoms with van der Waals surface area (Å²) in [6.07, 6.45) is 2.75. The number of aryl methyl sites for hydroxylation is 1. The minimum atomic E-state index is 0.190. The Kier molecular flexibility index (Phi) is 3.30. The van der Waals surface area contributed by atoms with Gasteiger partial charge in [0.1, 0.15) is 0 Å². The molecule has 7 heteroatoms. The normalized spacial score (nSPS) is 22.2. The molecule has 0 aliphatic carbocycles. The maximum absolute atomic E-state index is 7.66. The van der Waals surface area contributed by atoms with Gasteiger partial charge >= 0.3 is 0 Å². The van der Waals surface area contributed by atoms with E-state index in [9.17, 15) is 0 Å². The molecule has 3 heterocycles. The molecule has 2 bridgehead atoms. The maximum Gasteiger partial charge on any atom is 0.220 e. The second-order valence-electron chi connectivity index (χ2n) is 6.53. The first-order valence-electron chi connectivity index (χ1n) is 8.10. The van der Waals surface area contributed by atoms with Gasteiger partial charge in [-0.3, -0.25) is 5.41 Å². The Morgan fingerprint density at radius 1 is 1.25 bits per heavy atom. The van der Waals surface area contributed by atoms with E-state index >= 15 is 0 Å². The van der Waals surface area contributed by atoms with Crippen LogP contribution < -0.4 is 16.4 Å². The molecule has 24 heavy (non-hydrogen) atoms. The second-order valence-corrected chi connectivity index (χ2v) is 6.53. The summed E-state index contributed by atoms with van der Waals surface area (Å²) in [6.45, 7) is 3.88. The smallest absolute Gasteiger partial charge is 0.220 e. The van der Waals surface area contributed by atoms with Crippen molar-refractivity contribution in [2.24, 2.45) is 5.73 Å². The van der Waals surface area contributed by atoms with Crippen LogP contribution in [0.2, 0.25) is 0 Å². The second kappa shape index (κ2) is 5.36. The van der Waals surface area contributed by atoms with Gasteiger partial charge in [0.15, 0.2) is 5.96 Å². The molecule has 0 saturated carbocycles. The number of nitrogens with zero attached hydrogens (tertiary/aromatic N) is 4. The summed E-state index contributed by atoms with van der Waals surface area (Å²) >= 11 is 0. The summed E-state index contributed by atoms with van der Waals surface area (Å²) in [7, 11) is 0. The highest BCUT2D eigenvalue weighted by Gasteiger charge is 2.44. The number of hydrogen-bond donors (Lipinski definition) is 3. The standard InChI is InChI=1S/C17H21N7/c1-10-6-11(14-4-5-21-17(20)22-14)2-3-15(10)23-8-13-7-12(23)9-24(13)16(18)19/h2-6,12-13H,7-9H2,1H3,(H3,18,19)(H2,20,21,22)/t12-,13-/m0/s1. The molecule has 2 atom stereocenters. The van der Waals surface area contributed by atoms with E-state index in [2.05, 4.69) is 40.0 Å². The summed E-state index contributed by atoms with van der Waals surface area (Å²) in [6, 6.07) is 9.03. The zero-order valence-electron chi connectivity index (χ0n) is 13.6. The Bertz CT molecular complexity index is 803. The van der Waals surface area contributed by atoms with Gasteiger partial charge in [-0.2, -0.15) is 0 Å². The molecule has 0 radical (unpaired) electrons. The van der Waals surface area contributed by atoms with E-state index in [1.165, 1.54) is 11.3 Å². The molecular weight excluding hydrogens is 302 g/mol. The Balaban J connectivity index is 1.59. The van der Waals surface area contributed by atoms with Crippen LogP contribution in [0.25, 0.3) is 11.3 Å². The van der Waals surface area contributed by atoms with Crippen LogP contribution in [-0.2, 0) is 0 Å². The Hall–Kier alpha value is -2.83. The maximum atomic E-state index is 7.66. The van der Waals surface area contributed by atoms with Crippen LogP contribution in [0.5, 0.6) is 0 Å². The first-order valence-corrected chi connectivity index (χ1v) is 8.10. The number of benzene rings is 1. The monoisotopic (exact) mass is 323 g/mol. The molecule has 5 N–H and O–H groups in total. The van der Waals surface area contributed by atoms with Gasteiger partial charge in [-0.15, -0.1) is 0 Å². The van der Waals surface area contributed by atoms with Gasteiger partial charge < -0.3 is 21.3 Å². The summed E-state index contributed by atoms with van der Waals surface area (Å²) in [4.78, 5) is 12.7. The number of aromatic nitrogens is 2. The third kappa shape index (κ3) is 2.33. The zero-order valence-corrected chi connectivity index (χ0v) is 13.6. The van der Waals surface area contributed by atoms with Crippen molar-refractivity contribution in [1.82, 2.24) is 14.9 Å². The van der Waals surface area contributed by atoms with Crippen molar-refractivity contribution in [1.29, 1.82) is 5.41 Å². The molecule has 124 valence electrons. The third-order valence-electron chi connectivity index (χ3n) is 5.03. The summed E-state index contributed by atoms with van der Waals surface area (Å²) in [5.41, 5.74) is 15.7. The summed E-state index contributed by atoms with van der Waals surface area (Å²) < 4.78 is 0. The lowest BCUT2D eigenvalue weighted by molar-refractivity contribution is 0.360. The van der Waals surface area contributed by atoms with Gasteiger partial charge in [0.25, 0.3) is 0 Å². The molecule has 1 aromatic carbocycles. The van der Waals surface area contributed by atoms with Crippen molar-refractivity contribution in [2.75, 3.05) is 23.7 Å². The van der Waals surface area contributed by atoms with E-state index in [-0.39, 0.29) is 11.9 Å². The van der Waals surface area contributed by atoms with Crippen LogP contribution in [0.4, 0.5) is 11.6 Å². The van der Waals surface area contributed by atoms with Crippen molar-refractivity contribution in [3.05, 3.63) is 36.0 Å². The van der Waals surface area contributed by atoms with Gasteiger partial charge in [0.05, 0.1) is 11.7 Å². The van der Waals surface area contributed by atoms with E-state index in [1.54, 1.807) is 6.20 Å². The Morgan fingerprint density at radius 3 is 2.71 bits per heavy atom. The van der Waals surface area contributed by atoms with Crippen LogP contribution in [0, 0.1) is 12.3 Å². The first-order chi connectivity index (χ1) is 11.5. The fraction of sp³-hybridized carbons (Fsp3) is 0.353. The number of piperazine rings is 1. The summed E-state index contributed by atoms with van der Waals surface area (Å²) in [5, 5.41) is 7.66. The molecule has 0 amide bonds. The van der Waals surface area contributed by atoms with Crippen LogP contribution in [-0.4, -0.2) is 46.0 Å². The van der Waals surface area contributed by atoms with E-state index in [0.717, 1.165) is 30.8 Å². The summed E-state index contributed by atoms with van der Waals surface area (Å²) in [5.74, 6) is 0.478. The fourth-order valence-electron chi connectivity index (χ4n) is 3.93. The number of nitrogen functional groups attached to an aromatic ring is 1. The number of likely N-dealkylation sites (tertiary alicyclic amines) is 1. The Morgan fingerprint density at radius 2 is 2.08 bits per heavy atom.